The number of carbonyl (C=O) groups excluding carboxylic acids is 2. The van der Waals surface area contributed by atoms with E-state index in [1.165, 1.54) is 6.07 Å². The fourth-order valence-corrected chi connectivity index (χ4v) is 4.84. The van der Waals surface area contributed by atoms with Gasteiger partial charge < -0.3 is 15.1 Å². The molecule has 2 fully saturated rings. The molecule has 5 nitrogen and oxygen atoms in total. The van der Waals surface area contributed by atoms with Crippen molar-refractivity contribution in [1.82, 2.24) is 15.1 Å². The number of benzene rings is 2. The molecule has 1 N–H and O–H groups in total. The van der Waals surface area contributed by atoms with Gasteiger partial charge in [0, 0.05) is 42.6 Å². The third kappa shape index (κ3) is 4.77. The van der Waals surface area contributed by atoms with Crippen molar-refractivity contribution in [1.29, 1.82) is 0 Å². The molecule has 170 valence electrons. The lowest BCUT2D eigenvalue weighted by molar-refractivity contribution is -0.138. The molecule has 4 rings (SSSR count). The number of nitrogens with one attached hydrogen (secondary N) is 1. The maximum atomic E-state index is 14.4. The molecule has 8 heteroatoms. The van der Waals surface area contributed by atoms with Crippen LogP contribution in [0.4, 0.5) is 4.39 Å². The lowest BCUT2D eigenvalue weighted by atomic mass is 9.93. The summed E-state index contributed by atoms with van der Waals surface area (Å²) in [4.78, 5) is 30.7. The highest BCUT2D eigenvalue weighted by atomic mass is 35.5. The summed E-state index contributed by atoms with van der Waals surface area (Å²) in [5.41, 5.74) is 0.324. The summed E-state index contributed by atoms with van der Waals surface area (Å²) in [6.45, 7) is 2.67. The van der Waals surface area contributed by atoms with Gasteiger partial charge in [-0.2, -0.15) is 0 Å². The number of amides is 2. The third-order valence-electron chi connectivity index (χ3n) is 6.43. The second-order valence-electron chi connectivity index (χ2n) is 8.66. The van der Waals surface area contributed by atoms with Crippen molar-refractivity contribution >= 4 is 35.0 Å². The standard InChI is InChI=1S/C24H26Cl2FN3O2/c1-29-10-12-30(13-11-29)22(31)21(14-16-4-2-3-5-20(16)27)28-23(32)24(8-9-24)18-7-6-17(25)15-19(18)26/h2-7,15,21H,8-14H2,1H3,(H,28,32)/t21-/m0/s1. The molecule has 2 aromatic rings. The van der Waals surface area contributed by atoms with Crippen LogP contribution < -0.4 is 5.32 Å². The number of carbonyl (C=O) groups is 2. The molecule has 0 spiro atoms. The number of nitrogens with zero attached hydrogens (tertiary/aromatic N) is 2. The number of likely N-dealkylation sites (N-methyl/N-ethyl adjacent to an activating group) is 1. The molecule has 1 aliphatic heterocycles. The molecule has 0 bridgehead atoms. The van der Waals surface area contributed by atoms with Gasteiger partial charge in [-0.3, -0.25) is 9.59 Å². The summed E-state index contributed by atoms with van der Waals surface area (Å²) in [5.74, 6) is -0.835. The van der Waals surface area contributed by atoms with Crippen LogP contribution in [0.25, 0.3) is 0 Å². The molecule has 2 amide bonds. The van der Waals surface area contributed by atoms with Crippen LogP contribution in [-0.2, 0) is 21.4 Å². The summed E-state index contributed by atoms with van der Waals surface area (Å²) in [5, 5.41) is 3.87. The summed E-state index contributed by atoms with van der Waals surface area (Å²) >= 11 is 12.4. The average molecular weight is 478 g/mol. The van der Waals surface area contributed by atoms with Crippen molar-refractivity contribution in [3.8, 4) is 0 Å². The van der Waals surface area contributed by atoms with Crippen LogP contribution in [-0.4, -0.2) is 60.9 Å². The van der Waals surface area contributed by atoms with Crippen molar-refractivity contribution in [2.24, 2.45) is 0 Å². The van der Waals surface area contributed by atoms with Gasteiger partial charge in [-0.1, -0.05) is 47.5 Å². The third-order valence-corrected chi connectivity index (χ3v) is 6.98. The molecule has 0 aromatic heterocycles. The van der Waals surface area contributed by atoms with Gasteiger partial charge in [0.25, 0.3) is 0 Å². The minimum absolute atomic E-state index is 0.0913. The van der Waals surface area contributed by atoms with Gasteiger partial charge in [-0.25, -0.2) is 4.39 Å². The molecular formula is C24H26Cl2FN3O2. The minimum Gasteiger partial charge on any atom is -0.343 e. The van der Waals surface area contributed by atoms with E-state index in [1.54, 1.807) is 41.3 Å². The monoisotopic (exact) mass is 477 g/mol. The number of hydrogen-bond acceptors (Lipinski definition) is 3. The van der Waals surface area contributed by atoms with E-state index >= 15 is 0 Å². The summed E-state index contributed by atoms with van der Waals surface area (Å²) < 4.78 is 14.4. The first-order valence-corrected chi connectivity index (χ1v) is 11.5. The average Bonchev–Trinajstić information content (AvgIpc) is 3.56. The predicted octanol–water partition coefficient (Wildman–Crippen LogP) is 3.67. The Hall–Kier alpha value is -2.15. The predicted molar refractivity (Wildman–Crippen MR) is 123 cm³/mol. The number of hydrogen-bond donors (Lipinski definition) is 1. The fourth-order valence-electron chi connectivity index (χ4n) is 4.25. The lowest BCUT2D eigenvalue weighted by Gasteiger charge is -2.35. The van der Waals surface area contributed by atoms with Crippen LogP contribution >= 0.6 is 23.2 Å². The van der Waals surface area contributed by atoms with E-state index in [9.17, 15) is 14.0 Å². The highest BCUT2D eigenvalue weighted by Gasteiger charge is 2.53. The molecule has 2 aromatic carbocycles. The highest BCUT2D eigenvalue weighted by molar-refractivity contribution is 6.35. The first-order chi connectivity index (χ1) is 15.3. The van der Waals surface area contributed by atoms with Crippen LogP contribution in [0.3, 0.4) is 0 Å². The van der Waals surface area contributed by atoms with E-state index in [1.807, 2.05) is 7.05 Å². The van der Waals surface area contributed by atoms with Crippen LogP contribution in [0.1, 0.15) is 24.0 Å². The Morgan fingerprint density at radius 1 is 1.09 bits per heavy atom. The fraction of sp³-hybridized carbons (Fsp3) is 0.417. The maximum Gasteiger partial charge on any atom is 0.245 e. The maximum absolute atomic E-state index is 14.4. The summed E-state index contributed by atoms with van der Waals surface area (Å²) in [6, 6.07) is 10.6. The summed E-state index contributed by atoms with van der Waals surface area (Å²) in [6.07, 6.45) is 1.36. The number of halogens is 3. The van der Waals surface area contributed by atoms with Crippen LogP contribution in [0.2, 0.25) is 10.0 Å². The van der Waals surface area contributed by atoms with Crippen molar-refractivity contribution in [3.63, 3.8) is 0 Å². The first-order valence-electron chi connectivity index (χ1n) is 10.8. The Balaban J connectivity index is 1.57. The zero-order valence-electron chi connectivity index (χ0n) is 17.9. The van der Waals surface area contributed by atoms with Gasteiger partial charge in [0.2, 0.25) is 11.8 Å². The normalized spacial score (nSPS) is 18.8. The van der Waals surface area contributed by atoms with Crippen molar-refractivity contribution in [2.75, 3.05) is 33.2 Å². The van der Waals surface area contributed by atoms with Gasteiger partial charge in [0.1, 0.15) is 11.9 Å². The zero-order chi connectivity index (χ0) is 22.9. The molecular weight excluding hydrogens is 452 g/mol. The van der Waals surface area contributed by atoms with E-state index in [2.05, 4.69) is 10.2 Å². The second-order valence-corrected chi connectivity index (χ2v) is 9.50. The quantitative estimate of drug-likeness (QED) is 0.690. The van der Waals surface area contributed by atoms with Crippen molar-refractivity contribution in [3.05, 3.63) is 69.5 Å². The lowest BCUT2D eigenvalue weighted by Crippen LogP contribution is -2.56. The second kappa shape index (κ2) is 9.38. The number of rotatable bonds is 6. The van der Waals surface area contributed by atoms with Gasteiger partial charge in [0.05, 0.1) is 5.41 Å². The van der Waals surface area contributed by atoms with Crippen LogP contribution in [0, 0.1) is 5.82 Å². The first kappa shape index (κ1) is 23.0. The highest BCUT2D eigenvalue weighted by Crippen LogP contribution is 2.51. The van der Waals surface area contributed by atoms with E-state index < -0.39 is 11.5 Å². The molecule has 0 unspecified atom stereocenters. The molecule has 32 heavy (non-hydrogen) atoms. The largest absolute Gasteiger partial charge is 0.343 e. The van der Waals surface area contributed by atoms with Crippen LogP contribution in [0.5, 0.6) is 0 Å². The van der Waals surface area contributed by atoms with E-state index in [4.69, 9.17) is 23.2 Å². The molecule has 1 aliphatic carbocycles. The van der Waals surface area contributed by atoms with Crippen LogP contribution in [0.15, 0.2) is 42.5 Å². The van der Waals surface area contributed by atoms with Crippen molar-refractivity contribution in [2.45, 2.75) is 30.7 Å². The molecule has 0 radical (unpaired) electrons. The van der Waals surface area contributed by atoms with E-state index in [-0.39, 0.29) is 24.1 Å². The minimum atomic E-state index is -0.855. The van der Waals surface area contributed by atoms with E-state index in [0.717, 1.165) is 13.1 Å². The molecule has 1 heterocycles. The van der Waals surface area contributed by atoms with Crippen molar-refractivity contribution < 1.29 is 14.0 Å². The Bertz CT molecular complexity index is 1020. The molecule has 1 saturated heterocycles. The molecule has 2 aliphatic rings. The Morgan fingerprint density at radius 2 is 1.78 bits per heavy atom. The molecule has 1 saturated carbocycles. The molecule has 1 atom stereocenters. The topological polar surface area (TPSA) is 52.6 Å². The summed E-state index contributed by atoms with van der Waals surface area (Å²) in [7, 11) is 2.01. The SMILES string of the molecule is CN1CCN(C(=O)[C@H](Cc2ccccc2F)NC(=O)C2(c3ccc(Cl)cc3Cl)CC2)CC1. The Kier molecular flexibility index (Phi) is 6.75. The van der Waals surface area contributed by atoms with Gasteiger partial charge in [-0.15, -0.1) is 0 Å². The zero-order valence-corrected chi connectivity index (χ0v) is 19.4. The van der Waals surface area contributed by atoms with Gasteiger partial charge >= 0.3 is 0 Å². The van der Waals surface area contributed by atoms with Gasteiger partial charge in [0.15, 0.2) is 0 Å². The Labute approximate surface area is 197 Å². The van der Waals surface area contributed by atoms with Gasteiger partial charge in [-0.05, 0) is 49.2 Å². The van der Waals surface area contributed by atoms with E-state index in [0.29, 0.717) is 47.1 Å². The number of piperazine rings is 1. The smallest absolute Gasteiger partial charge is 0.245 e. The Morgan fingerprint density at radius 3 is 2.41 bits per heavy atom.